The molecule has 1 fully saturated rings. The first kappa shape index (κ1) is 12.9. The highest BCUT2D eigenvalue weighted by Gasteiger charge is 2.31. The van der Waals surface area contributed by atoms with E-state index in [9.17, 15) is 0 Å². The lowest BCUT2D eigenvalue weighted by molar-refractivity contribution is 0.452. The first-order valence-electron chi connectivity index (χ1n) is 6.26. The lowest BCUT2D eigenvalue weighted by Crippen LogP contribution is -2.46. The summed E-state index contributed by atoms with van der Waals surface area (Å²) in [5, 5.41) is 3.56. The molecule has 0 aliphatic carbocycles. The summed E-state index contributed by atoms with van der Waals surface area (Å²) in [6.07, 6.45) is 1.17. The van der Waals surface area contributed by atoms with Crippen molar-refractivity contribution >= 4 is 21.6 Å². The van der Waals surface area contributed by atoms with Gasteiger partial charge in [0.25, 0.3) is 0 Å². The summed E-state index contributed by atoms with van der Waals surface area (Å²) in [6, 6.07) is 9.03. The largest absolute Gasteiger partial charge is 0.364 e. The Morgan fingerprint density at radius 1 is 1.35 bits per heavy atom. The van der Waals surface area contributed by atoms with Gasteiger partial charge in [0.2, 0.25) is 0 Å². The van der Waals surface area contributed by atoms with Crippen molar-refractivity contribution in [3.63, 3.8) is 0 Å². The highest BCUT2D eigenvalue weighted by molar-refractivity contribution is 9.10. The minimum absolute atomic E-state index is 0.196. The van der Waals surface area contributed by atoms with Gasteiger partial charge in [-0.05, 0) is 61.8 Å². The summed E-state index contributed by atoms with van der Waals surface area (Å²) in [5.41, 5.74) is 1.50. The molecule has 1 unspecified atom stereocenters. The second-order valence-corrected chi connectivity index (χ2v) is 6.33. The normalized spacial score (nSPS) is 24.5. The number of para-hydroxylation sites is 1. The van der Waals surface area contributed by atoms with Crippen molar-refractivity contribution in [2.75, 3.05) is 18.0 Å². The average molecular weight is 297 g/mol. The van der Waals surface area contributed by atoms with Crippen molar-refractivity contribution in [2.45, 2.75) is 38.8 Å². The van der Waals surface area contributed by atoms with Crippen molar-refractivity contribution in [3.8, 4) is 0 Å². The van der Waals surface area contributed by atoms with Gasteiger partial charge in [-0.3, -0.25) is 0 Å². The number of nitrogens with one attached hydrogen (secondary N) is 1. The summed E-state index contributed by atoms with van der Waals surface area (Å²) in [7, 11) is 0. The summed E-state index contributed by atoms with van der Waals surface area (Å²) in [4.78, 5) is 2.52. The maximum atomic E-state index is 3.67. The smallest absolute Gasteiger partial charge is 0.0515 e. The molecule has 1 aliphatic heterocycles. The van der Waals surface area contributed by atoms with Crippen LogP contribution in [0.4, 0.5) is 5.69 Å². The van der Waals surface area contributed by atoms with E-state index in [2.05, 4.69) is 71.2 Å². The van der Waals surface area contributed by atoms with E-state index < -0.39 is 0 Å². The van der Waals surface area contributed by atoms with Crippen molar-refractivity contribution in [3.05, 3.63) is 28.7 Å². The topological polar surface area (TPSA) is 15.3 Å². The molecule has 2 nitrogen and oxygen atoms in total. The summed E-state index contributed by atoms with van der Waals surface area (Å²) >= 11 is 3.67. The van der Waals surface area contributed by atoms with Gasteiger partial charge in [0.05, 0.1) is 5.69 Å². The SMILES string of the molecule is CC1CN(c2ccccc2Br)C(C)(C)CCN1. The molecule has 1 aromatic rings. The first-order valence-corrected chi connectivity index (χ1v) is 7.05. The Bertz CT molecular complexity index is 390. The maximum Gasteiger partial charge on any atom is 0.0515 e. The van der Waals surface area contributed by atoms with Gasteiger partial charge in [0.1, 0.15) is 0 Å². The fraction of sp³-hybridized carbons (Fsp3) is 0.571. The second kappa shape index (κ2) is 4.99. The molecule has 0 aromatic heterocycles. The Morgan fingerprint density at radius 2 is 2.06 bits per heavy atom. The standard InChI is InChI=1S/C14H21BrN2/c1-11-10-17(14(2,3)8-9-16-11)13-7-5-4-6-12(13)15/h4-7,11,16H,8-10H2,1-3H3. The fourth-order valence-corrected chi connectivity index (χ4v) is 2.94. The number of hydrogen-bond donors (Lipinski definition) is 1. The monoisotopic (exact) mass is 296 g/mol. The number of benzene rings is 1. The minimum atomic E-state index is 0.196. The zero-order valence-electron chi connectivity index (χ0n) is 10.8. The molecule has 0 radical (unpaired) electrons. The predicted molar refractivity (Wildman–Crippen MR) is 77.6 cm³/mol. The molecule has 1 aromatic carbocycles. The van der Waals surface area contributed by atoms with E-state index in [1.165, 1.54) is 16.6 Å². The number of nitrogens with zero attached hydrogens (tertiary/aromatic N) is 1. The van der Waals surface area contributed by atoms with Gasteiger partial charge in [-0.15, -0.1) is 0 Å². The van der Waals surface area contributed by atoms with Gasteiger partial charge < -0.3 is 10.2 Å². The van der Waals surface area contributed by atoms with Crippen LogP contribution >= 0.6 is 15.9 Å². The van der Waals surface area contributed by atoms with Gasteiger partial charge >= 0.3 is 0 Å². The van der Waals surface area contributed by atoms with E-state index >= 15 is 0 Å². The van der Waals surface area contributed by atoms with Crippen LogP contribution in [0, 0.1) is 0 Å². The van der Waals surface area contributed by atoms with Gasteiger partial charge in [0, 0.05) is 22.6 Å². The molecular formula is C14H21BrN2. The molecule has 0 amide bonds. The van der Waals surface area contributed by atoms with Crippen LogP contribution < -0.4 is 10.2 Å². The van der Waals surface area contributed by atoms with Gasteiger partial charge in [-0.25, -0.2) is 0 Å². The van der Waals surface area contributed by atoms with Gasteiger partial charge in [0.15, 0.2) is 0 Å². The Labute approximate surface area is 113 Å². The Hall–Kier alpha value is -0.540. The van der Waals surface area contributed by atoms with Gasteiger partial charge in [-0.2, -0.15) is 0 Å². The van der Waals surface area contributed by atoms with Gasteiger partial charge in [-0.1, -0.05) is 12.1 Å². The molecule has 1 atom stereocenters. The zero-order chi connectivity index (χ0) is 12.5. The number of halogens is 1. The summed E-state index contributed by atoms with van der Waals surface area (Å²) < 4.78 is 1.18. The predicted octanol–water partition coefficient (Wildman–Crippen LogP) is 3.42. The van der Waals surface area contributed by atoms with Crippen molar-refractivity contribution in [1.82, 2.24) is 5.32 Å². The van der Waals surface area contributed by atoms with Crippen LogP contribution in [-0.4, -0.2) is 24.7 Å². The Kier molecular flexibility index (Phi) is 3.79. The lowest BCUT2D eigenvalue weighted by atomic mass is 9.97. The van der Waals surface area contributed by atoms with E-state index in [4.69, 9.17) is 0 Å². The molecular weight excluding hydrogens is 276 g/mol. The van der Waals surface area contributed by atoms with E-state index in [0.717, 1.165) is 13.1 Å². The van der Waals surface area contributed by atoms with Crippen LogP contribution in [0.1, 0.15) is 27.2 Å². The second-order valence-electron chi connectivity index (χ2n) is 5.48. The Balaban J connectivity index is 2.36. The molecule has 94 valence electrons. The zero-order valence-corrected chi connectivity index (χ0v) is 12.4. The summed E-state index contributed by atoms with van der Waals surface area (Å²) in [6.45, 7) is 9.05. The molecule has 1 aliphatic rings. The van der Waals surface area contributed by atoms with Crippen LogP contribution in [0.25, 0.3) is 0 Å². The van der Waals surface area contributed by atoms with E-state index in [-0.39, 0.29) is 5.54 Å². The minimum Gasteiger partial charge on any atom is -0.364 e. The van der Waals surface area contributed by atoms with Crippen LogP contribution in [0.2, 0.25) is 0 Å². The fourth-order valence-electron chi connectivity index (χ4n) is 2.44. The lowest BCUT2D eigenvalue weighted by Gasteiger charge is -2.40. The maximum absolute atomic E-state index is 3.67. The van der Waals surface area contributed by atoms with Crippen LogP contribution in [0.5, 0.6) is 0 Å². The molecule has 1 heterocycles. The van der Waals surface area contributed by atoms with Crippen molar-refractivity contribution < 1.29 is 0 Å². The molecule has 1 N–H and O–H groups in total. The number of rotatable bonds is 1. The van der Waals surface area contributed by atoms with E-state index in [1.807, 2.05) is 0 Å². The third-order valence-electron chi connectivity index (χ3n) is 3.56. The number of anilines is 1. The third kappa shape index (κ3) is 2.83. The molecule has 3 heteroatoms. The van der Waals surface area contributed by atoms with Crippen LogP contribution in [0.15, 0.2) is 28.7 Å². The highest BCUT2D eigenvalue weighted by Crippen LogP contribution is 2.33. The highest BCUT2D eigenvalue weighted by atomic mass is 79.9. The summed E-state index contributed by atoms with van der Waals surface area (Å²) in [5.74, 6) is 0. The first-order chi connectivity index (χ1) is 8.00. The molecule has 17 heavy (non-hydrogen) atoms. The van der Waals surface area contributed by atoms with E-state index in [0.29, 0.717) is 6.04 Å². The van der Waals surface area contributed by atoms with Crippen LogP contribution in [-0.2, 0) is 0 Å². The molecule has 0 bridgehead atoms. The number of hydrogen-bond acceptors (Lipinski definition) is 2. The average Bonchev–Trinajstić information content (AvgIpc) is 2.38. The van der Waals surface area contributed by atoms with Crippen molar-refractivity contribution in [2.24, 2.45) is 0 Å². The quantitative estimate of drug-likeness (QED) is 0.854. The third-order valence-corrected chi connectivity index (χ3v) is 4.23. The van der Waals surface area contributed by atoms with Crippen LogP contribution in [0.3, 0.4) is 0 Å². The molecule has 2 rings (SSSR count). The Morgan fingerprint density at radius 3 is 2.76 bits per heavy atom. The molecule has 0 saturated carbocycles. The molecule has 1 saturated heterocycles. The van der Waals surface area contributed by atoms with E-state index in [1.54, 1.807) is 0 Å². The van der Waals surface area contributed by atoms with Crippen molar-refractivity contribution in [1.29, 1.82) is 0 Å². The molecule has 0 spiro atoms.